The van der Waals surface area contributed by atoms with Gasteiger partial charge in [0.1, 0.15) is 11.3 Å². The van der Waals surface area contributed by atoms with Crippen LogP contribution in [0.2, 0.25) is 0 Å². The molecule has 0 aliphatic heterocycles. The van der Waals surface area contributed by atoms with E-state index in [4.69, 9.17) is 14.9 Å². The average Bonchev–Trinajstić information content (AvgIpc) is 3.03. The maximum Gasteiger partial charge on any atom is 0.411 e. The fraction of sp³-hybridized carbons (Fsp3) is 0.176. The highest BCUT2D eigenvalue weighted by atomic mass is 16.5. The molecule has 0 aliphatic rings. The second-order valence-corrected chi connectivity index (χ2v) is 5.00. The molecule has 0 unspecified atom stereocenters. The van der Waals surface area contributed by atoms with Crippen LogP contribution < -0.4 is 15.8 Å². The van der Waals surface area contributed by atoms with E-state index < -0.39 is 6.09 Å². The number of oxazole rings is 1. The number of fused-ring (bicyclic) bond motifs is 1. The van der Waals surface area contributed by atoms with Crippen molar-refractivity contribution in [2.45, 2.75) is 13.2 Å². The zero-order valence-electron chi connectivity index (χ0n) is 13.1. The van der Waals surface area contributed by atoms with Crippen molar-refractivity contribution in [3.8, 4) is 5.75 Å². The highest BCUT2D eigenvalue weighted by Crippen LogP contribution is 2.23. The molecule has 7 nitrogen and oxygen atoms in total. The third kappa shape index (κ3) is 3.47. The van der Waals surface area contributed by atoms with Crippen LogP contribution in [0.15, 0.2) is 46.9 Å². The molecule has 1 amide bonds. The number of para-hydroxylation sites is 2. The quantitative estimate of drug-likeness (QED) is 0.747. The molecule has 0 bridgehead atoms. The molecule has 0 saturated carbocycles. The highest BCUT2D eigenvalue weighted by molar-refractivity contribution is 5.85. The van der Waals surface area contributed by atoms with E-state index in [2.05, 4.69) is 15.0 Å². The van der Waals surface area contributed by atoms with Crippen molar-refractivity contribution >= 4 is 22.9 Å². The molecule has 3 N–H and O–H groups in total. The van der Waals surface area contributed by atoms with Gasteiger partial charge in [-0.05, 0) is 35.9 Å². The van der Waals surface area contributed by atoms with Crippen LogP contribution in [0.25, 0.3) is 11.1 Å². The minimum absolute atomic E-state index is 0.197. The molecule has 2 aromatic carbocycles. The Morgan fingerprint density at radius 2 is 2.12 bits per heavy atom. The number of nitrogens with two attached hydrogens (primary N) is 1. The summed E-state index contributed by atoms with van der Waals surface area (Å²) in [4.78, 5) is 15.7. The van der Waals surface area contributed by atoms with Crippen molar-refractivity contribution in [1.82, 2.24) is 4.98 Å². The Morgan fingerprint density at radius 3 is 2.88 bits per heavy atom. The summed E-state index contributed by atoms with van der Waals surface area (Å²) in [7, 11) is 1.30. The Kier molecular flexibility index (Phi) is 4.62. The Balaban J connectivity index is 1.71. The monoisotopic (exact) mass is 327 g/mol. The predicted octanol–water partition coefficient (Wildman–Crippen LogP) is 3.04. The van der Waals surface area contributed by atoms with E-state index in [9.17, 15) is 4.79 Å². The third-order valence-corrected chi connectivity index (χ3v) is 3.42. The van der Waals surface area contributed by atoms with Crippen molar-refractivity contribution in [3.05, 3.63) is 53.9 Å². The summed E-state index contributed by atoms with van der Waals surface area (Å²) in [5.41, 5.74) is 8.54. The van der Waals surface area contributed by atoms with Gasteiger partial charge in [0.15, 0.2) is 12.2 Å². The minimum Gasteiger partial charge on any atom is -0.484 e. The van der Waals surface area contributed by atoms with Gasteiger partial charge < -0.3 is 19.6 Å². The Hall–Kier alpha value is -3.06. The molecule has 1 aromatic heterocycles. The van der Waals surface area contributed by atoms with Crippen molar-refractivity contribution in [3.63, 3.8) is 0 Å². The van der Waals surface area contributed by atoms with Crippen LogP contribution in [0.3, 0.4) is 0 Å². The number of nitrogens with one attached hydrogen (secondary N) is 1. The zero-order chi connectivity index (χ0) is 16.9. The highest BCUT2D eigenvalue weighted by Gasteiger charge is 2.09. The van der Waals surface area contributed by atoms with E-state index in [-0.39, 0.29) is 13.2 Å². The number of hydrogen-bond acceptors (Lipinski definition) is 6. The zero-order valence-corrected chi connectivity index (χ0v) is 13.1. The van der Waals surface area contributed by atoms with Gasteiger partial charge in [-0.2, -0.15) is 0 Å². The van der Waals surface area contributed by atoms with E-state index in [1.807, 2.05) is 24.3 Å². The van der Waals surface area contributed by atoms with Crippen LogP contribution >= 0.6 is 0 Å². The number of ether oxygens (including phenoxy) is 2. The number of rotatable bonds is 5. The van der Waals surface area contributed by atoms with Gasteiger partial charge in [-0.15, -0.1) is 0 Å². The standard InChI is InChI=1S/C17H17N3O4/c1-22-17(21)20-13-7-6-12(8-11(13)9-18)23-10-16-19-14-4-2-3-5-15(14)24-16/h2-8H,9-10,18H2,1H3,(H,20,21). The van der Waals surface area contributed by atoms with Gasteiger partial charge in [0.05, 0.1) is 7.11 Å². The summed E-state index contributed by atoms with van der Waals surface area (Å²) in [6.45, 7) is 0.446. The summed E-state index contributed by atoms with van der Waals surface area (Å²) >= 11 is 0. The van der Waals surface area contributed by atoms with Crippen LogP contribution in [-0.4, -0.2) is 18.2 Å². The molecular formula is C17H17N3O4. The first kappa shape index (κ1) is 15.8. The van der Waals surface area contributed by atoms with Gasteiger partial charge in [-0.25, -0.2) is 9.78 Å². The first-order valence-electron chi connectivity index (χ1n) is 7.35. The molecule has 0 atom stereocenters. The normalized spacial score (nSPS) is 10.6. The summed E-state index contributed by atoms with van der Waals surface area (Å²) in [5, 5.41) is 2.60. The number of benzene rings is 2. The van der Waals surface area contributed by atoms with Crippen molar-refractivity contribution in [2.75, 3.05) is 12.4 Å². The second-order valence-electron chi connectivity index (χ2n) is 5.00. The topological polar surface area (TPSA) is 99.6 Å². The maximum absolute atomic E-state index is 11.3. The lowest BCUT2D eigenvalue weighted by atomic mass is 10.1. The number of carbonyl (C=O) groups is 1. The van der Waals surface area contributed by atoms with E-state index >= 15 is 0 Å². The number of aromatic nitrogens is 1. The molecule has 0 spiro atoms. The molecule has 124 valence electrons. The van der Waals surface area contributed by atoms with Crippen LogP contribution in [0, 0.1) is 0 Å². The third-order valence-electron chi connectivity index (χ3n) is 3.42. The summed E-state index contributed by atoms with van der Waals surface area (Å²) in [5.74, 6) is 1.09. The Morgan fingerprint density at radius 1 is 1.29 bits per heavy atom. The van der Waals surface area contributed by atoms with Crippen LogP contribution in [0.1, 0.15) is 11.5 Å². The molecule has 3 aromatic rings. The lowest BCUT2D eigenvalue weighted by Gasteiger charge is -2.11. The molecule has 24 heavy (non-hydrogen) atoms. The Labute approximate surface area is 138 Å². The number of carbonyl (C=O) groups excluding carboxylic acids is 1. The number of amides is 1. The first-order valence-corrected chi connectivity index (χ1v) is 7.35. The molecule has 0 radical (unpaired) electrons. The number of nitrogens with zero attached hydrogens (tertiary/aromatic N) is 1. The maximum atomic E-state index is 11.3. The van der Waals surface area contributed by atoms with Gasteiger partial charge >= 0.3 is 6.09 Å². The van der Waals surface area contributed by atoms with E-state index in [1.54, 1.807) is 18.2 Å². The minimum atomic E-state index is -0.551. The van der Waals surface area contributed by atoms with Gasteiger partial charge in [0.25, 0.3) is 0 Å². The van der Waals surface area contributed by atoms with Crippen LogP contribution in [0.4, 0.5) is 10.5 Å². The summed E-state index contributed by atoms with van der Waals surface area (Å²) < 4.78 is 15.9. The molecule has 7 heteroatoms. The lowest BCUT2D eigenvalue weighted by molar-refractivity contribution is 0.187. The van der Waals surface area contributed by atoms with E-state index in [1.165, 1.54) is 7.11 Å². The van der Waals surface area contributed by atoms with E-state index in [0.29, 0.717) is 17.3 Å². The van der Waals surface area contributed by atoms with Crippen LogP contribution in [-0.2, 0) is 17.9 Å². The fourth-order valence-corrected chi connectivity index (χ4v) is 2.24. The first-order chi connectivity index (χ1) is 11.7. The Bertz CT molecular complexity index is 827. The van der Waals surface area contributed by atoms with Crippen molar-refractivity contribution < 1.29 is 18.7 Å². The number of anilines is 1. The molecule has 3 rings (SSSR count). The SMILES string of the molecule is COC(=O)Nc1ccc(OCc2nc3ccccc3o2)cc1CN. The van der Waals surface area contributed by atoms with E-state index in [0.717, 1.165) is 16.7 Å². The number of hydrogen-bond donors (Lipinski definition) is 2. The molecule has 0 aliphatic carbocycles. The van der Waals surface area contributed by atoms with Crippen LogP contribution in [0.5, 0.6) is 5.75 Å². The smallest absolute Gasteiger partial charge is 0.411 e. The summed E-state index contributed by atoms with van der Waals surface area (Å²) in [6.07, 6.45) is -0.551. The second kappa shape index (κ2) is 7.01. The molecular weight excluding hydrogens is 310 g/mol. The number of methoxy groups -OCH3 is 1. The molecule has 0 saturated heterocycles. The van der Waals surface area contributed by atoms with Crippen molar-refractivity contribution in [2.24, 2.45) is 5.73 Å². The largest absolute Gasteiger partial charge is 0.484 e. The van der Waals surface area contributed by atoms with Gasteiger partial charge in [-0.1, -0.05) is 12.1 Å². The molecule has 1 heterocycles. The lowest BCUT2D eigenvalue weighted by Crippen LogP contribution is -2.13. The van der Waals surface area contributed by atoms with Gasteiger partial charge in [0, 0.05) is 12.2 Å². The molecule has 0 fully saturated rings. The predicted molar refractivity (Wildman–Crippen MR) is 88.7 cm³/mol. The summed E-state index contributed by atoms with van der Waals surface area (Å²) in [6, 6.07) is 12.7. The van der Waals surface area contributed by atoms with Gasteiger partial charge in [0.2, 0.25) is 5.89 Å². The van der Waals surface area contributed by atoms with Crippen molar-refractivity contribution in [1.29, 1.82) is 0 Å². The average molecular weight is 327 g/mol. The van der Waals surface area contributed by atoms with Gasteiger partial charge in [-0.3, -0.25) is 5.32 Å². The fourth-order valence-electron chi connectivity index (χ4n) is 2.24.